The van der Waals surface area contributed by atoms with Crippen LogP contribution in [0.25, 0.3) is 5.78 Å². The molecule has 0 radical (unpaired) electrons. The highest BCUT2D eigenvalue weighted by molar-refractivity contribution is 5.29. The van der Waals surface area contributed by atoms with Crippen LogP contribution in [0.2, 0.25) is 0 Å². The fourth-order valence-corrected chi connectivity index (χ4v) is 2.97. The molecule has 1 fully saturated rings. The molecule has 0 aliphatic carbocycles. The topological polar surface area (TPSA) is 59.5 Å². The SMILES string of the molecule is CC(N)C1CCCCN1Cc1cn2cccnc2n1. The predicted octanol–water partition coefficient (Wildman–Crippen LogP) is 1.43. The summed E-state index contributed by atoms with van der Waals surface area (Å²) in [6.45, 7) is 4.09. The van der Waals surface area contributed by atoms with E-state index in [9.17, 15) is 0 Å². The van der Waals surface area contributed by atoms with Gasteiger partial charge in [0.15, 0.2) is 0 Å². The Morgan fingerprint density at radius 1 is 1.47 bits per heavy atom. The maximum atomic E-state index is 6.11. The highest BCUT2D eigenvalue weighted by atomic mass is 15.2. The van der Waals surface area contributed by atoms with E-state index in [0.29, 0.717) is 6.04 Å². The summed E-state index contributed by atoms with van der Waals surface area (Å²) in [7, 11) is 0. The lowest BCUT2D eigenvalue weighted by Gasteiger charge is -2.37. The Morgan fingerprint density at radius 3 is 3.16 bits per heavy atom. The molecular formula is C14H21N5. The van der Waals surface area contributed by atoms with E-state index < -0.39 is 0 Å². The van der Waals surface area contributed by atoms with Crippen LogP contribution in [0.3, 0.4) is 0 Å². The highest BCUT2D eigenvalue weighted by Gasteiger charge is 2.25. The van der Waals surface area contributed by atoms with Gasteiger partial charge < -0.3 is 5.73 Å². The molecule has 1 saturated heterocycles. The van der Waals surface area contributed by atoms with Crippen LogP contribution < -0.4 is 5.73 Å². The molecule has 1 aliphatic rings. The average Bonchev–Trinajstić information content (AvgIpc) is 2.81. The van der Waals surface area contributed by atoms with Crippen molar-refractivity contribution >= 4 is 5.78 Å². The van der Waals surface area contributed by atoms with E-state index in [1.807, 2.05) is 16.7 Å². The van der Waals surface area contributed by atoms with Gasteiger partial charge in [-0.3, -0.25) is 9.30 Å². The molecule has 102 valence electrons. The number of hydrogen-bond acceptors (Lipinski definition) is 4. The van der Waals surface area contributed by atoms with Crippen LogP contribution in [0.1, 0.15) is 31.9 Å². The number of imidazole rings is 1. The Balaban J connectivity index is 1.79. The minimum Gasteiger partial charge on any atom is -0.327 e. The molecule has 0 aromatic carbocycles. The lowest BCUT2D eigenvalue weighted by atomic mass is 9.97. The van der Waals surface area contributed by atoms with Gasteiger partial charge in [0.2, 0.25) is 5.78 Å². The van der Waals surface area contributed by atoms with Crippen LogP contribution in [0.4, 0.5) is 0 Å². The van der Waals surface area contributed by atoms with Crippen molar-refractivity contribution in [3.05, 3.63) is 30.4 Å². The molecule has 2 N–H and O–H groups in total. The van der Waals surface area contributed by atoms with Gasteiger partial charge in [-0.2, -0.15) is 0 Å². The lowest BCUT2D eigenvalue weighted by molar-refractivity contribution is 0.121. The third kappa shape index (κ3) is 2.62. The third-order valence-electron chi connectivity index (χ3n) is 3.92. The Bertz CT molecular complexity index is 515. The zero-order valence-corrected chi connectivity index (χ0v) is 11.4. The first-order valence-corrected chi connectivity index (χ1v) is 7.02. The highest BCUT2D eigenvalue weighted by Crippen LogP contribution is 2.21. The summed E-state index contributed by atoms with van der Waals surface area (Å²) < 4.78 is 1.97. The first-order chi connectivity index (χ1) is 9.24. The third-order valence-corrected chi connectivity index (χ3v) is 3.92. The zero-order valence-electron chi connectivity index (χ0n) is 11.4. The summed E-state index contributed by atoms with van der Waals surface area (Å²) in [6, 6.07) is 2.62. The molecule has 0 bridgehead atoms. The zero-order chi connectivity index (χ0) is 13.2. The van der Waals surface area contributed by atoms with E-state index in [1.54, 1.807) is 6.20 Å². The normalized spacial score (nSPS) is 22.7. The van der Waals surface area contributed by atoms with E-state index >= 15 is 0 Å². The summed E-state index contributed by atoms with van der Waals surface area (Å²) in [6.07, 6.45) is 9.57. The van der Waals surface area contributed by atoms with Crippen molar-refractivity contribution in [3.63, 3.8) is 0 Å². The number of piperidine rings is 1. The second-order valence-electron chi connectivity index (χ2n) is 5.45. The summed E-state index contributed by atoms with van der Waals surface area (Å²) in [5, 5.41) is 0. The van der Waals surface area contributed by atoms with E-state index in [1.165, 1.54) is 19.3 Å². The van der Waals surface area contributed by atoms with Gasteiger partial charge in [-0.25, -0.2) is 9.97 Å². The largest absolute Gasteiger partial charge is 0.327 e. The van der Waals surface area contributed by atoms with Gasteiger partial charge >= 0.3 is 0 Å². The molecule has 2 aromatic rings. The maximum Gasteiger partial charge on any atom is 0.233 e. The number of fused-ring (bicyclic) bond motifs is 1. The fourth-order valence-electron chi connectivity index (χ4n) is 2.97. The van der Waals surface area contributed by atoms with E-state index in [4.69, 9.17) is 5.73 Å². The monoisotopic (exact) mass is 259 g/mol. The van der Waals surface area contributed by atoms with E-state index in [0.717, 1.165) is 24.6 Å². The van der Waals surface area contributed by atoms with Crippen molar-refractivity contribution in [1.29, 1.82) is 0 Å². The molecule has 3 rings (SSSR count). The van der Waals surface area contributed by atoms with Crippen molar-refractivity contribution in [3.8, 4) is 0 Å². The van der Waals surface area contributed by atoms with Crippen LogP contribution in [-0.4, -0.2) is 37.9 Å². The predicted molar refractivity (Wildman–Crippen MR) is 74.7 cm³/mol. The lowest BCUT2D eigenvalue weighted by Crippen LogP contribution is -2.48. The second kappa shape index (κ2) is 5.27. The van der Waals surface area contributed by atoms with Gasteiger partial charge in [-0.05, 0) is 32.4 Å². The maximum absolute atomic E-state index is 6.11. The Hall–Kier alpha value is -1.46. The van der Waals surface area contributed by atoms with Gasteiger partial charge in [0.1, 0.15) is 0 Å². The molecule has 1 aliphatic heterocycles. The smallest absolute Gasteiger partial charge is 0.233 e. The van der Waals surface area contributed by atoms with Crippen LogP contribution in [0, 0.1) is 0 Å². The molecular weight excluding hydrogens is 238 g/mol. The van der Waals surface area contributed by atoms with Gasteiger partial charge in [-0.15, -0.1) is 0 Å². The number of nitrogens with two attached hydrogens (primary N) is 1. The minimum atomic E-state index is 0.218. The van der Waals surface area contributed by atoms with Crippen LogP contribution in [0.15, 0.2) is 24.7 Å². The molecule has 2 unspecified atom stereocenters. The molecule has 2 atom stereocenters. The van der Waals surface area contributed by atoms with E-state index in [-0.39, 0.29) is 6.04 Å². The fraction of sp³-hybridized carbons (Fsp3) is 0.571. The Labute approximate surface area is 113 Å². The number of nitrogens with zero attached hydrogens (tertiary/aromatic N) is 4. The Kier molecular flexibility index (Phi) is 3.48. The average molecular weight is 259 g/mol. The molecule has 0 amide bonds. The van der Waals surface area contributed by atoms with Crippen molar-refractivity contribution < 1.29 is 0 Å². The summed E-state index contributed by atoms with van der Waals surface area (Å²) in [4.78, 5) is 11.3. The molecule has 0 saturated carbocycles. The van der Waals surface area contributed by atoms with Crippen LogP contribution in [0.5, 0.6) is 0 Å². The summed E-state index contributed by atoms with van der Waals surface area (Å²) in [5.41, 5.74) is 7.18. The van der Waals surface area contributed by atoms with Gasteiger partial charge in [0.25, 0.3) is 0 Å². The molecule has 0 spiro atoms. The summed E-state index contributed by atoms with van der Waals surface area (Å²) in [5.74, 6) is 0.770. The van der Waals surface area contributed by atoms with Gasteiger partial charge in [0.05, 0.1) is 5.69 Å². The Morgan fingerprint density at radius 2 is 2.37 bits per heavy atom. The van der Waals surface area contributed by atoms with Crippen molar-refractivity contribution in [1.82, 2.24) is 19.3 Å². The van der Waals surface area contributed by atoms with Crippen LogP contribution in [-0.2, 0) is 6.54 Å². The standard InChI is InChI=1S/C14H21N5/c1-11(15)13-5-2-3-7-18(13)9-12-10-19-8-4-6-16-14(19)17-12/h4,6,8,10-11,13H,2-3,5,7,9,15H2,1H3. The molecule has 2 aromatic heterocycles. The number of aromatic nitrogens is 3. The molecule has 5 nitrogen and oxygen atoms in total. The van der Waals surface area contributed by atoms with Gasteiger partial charge in [-0.1, -0.05) is 6.42 Å². The van der Waals surface area contributed by atoms with Crippen LogP contribution >= 0.6 is 0 Å². The number of likely N-dealkylation sites (tertiary alicyclic amines) is 1. The van der Waals surface area contributed by atoms with Gasteiger partial charge in [0, 0.05) is 37.2 Å². The quantitative estimate of drug-likeness (QED) is 0.906. The first kappa shape index (κ1) is 12.6. The molecule has 3 heterocycles. The number of hydrogen-bond donors (Lipinski definition) is 1. The molecule has 5 heteroatoms. The van der Waals surface area contributed by atoms with Crippen molar-refractivity contribution in [2.45, 2.75) is 44.8 Å². The van der Waals surface area contributed by atoms with Crippen molar-refractivity contribution in [2.24, 2.45) is 5.73 Å². The number of rotatable bonds is 3. The molecule has 19 heavy (non-hydrogen) atoms. The first-order valence-electron chi connectivity index (χ1n) is 7.02. The van der Waals surface area contributed by atoms with Crippen molar-refractivity contribution in [2.75, 3.05) is 6.54 Å². The minimum absolute atomic E-state index is 0.218. The second-order valence-corrected chi connectivity index (χ2v) is 5.45. The van der Waals surface area contributed by atoms with E-state index in [2.05, 4.69) is 28.0 Å². The summed E-state index contributed by atoms with van der Waals surface area (Å²) >= 11 is 0.